The van der Waals surface area contributed by atoms with Gasteiger partial charge >= 0.3 is 0 Å². The van der Waals surface area contributed by atoms with Crippen LogP contribution >= 0.6 is 45.2 Å². The van der Waals surface area contributed by atoms with E-state index in [1.807, 2.05) is 0 Å². The molecule has 70 valence electrons. The van der Waals surface area contributed by atoms with Crippen LogP contribution in [0.2, 0.25) is 0 Å². The third-order valence-corrected chi connectivity index (χ3v) is 4.29. The fourth-order valence-electron chi connectivity index (χ4n) is 0.411. The zero-order chi connectivity index (χ0) is 9.72. The van der Waals surface area contributed by atoms with Crippen molar-refractivity contribution in [3.63, 3.8) is 0 Å². The average molecular weight is 393 g/mol. The highest BCUT2D eigenvalue weighted by atomic mass is 127. The Morgan fingerprint density at radius 1 is 1.50 bits per heavy atom. The molecule has 0 aliphatic carbocycles. The van der Waals surface area contributed by atoms with Crippen LogP contribution < -0.4 is 11.5 Å². The van der Waals surface area contributed by atoms with Gasteiger partial charge in [0.15, 0.2) is 0 Å². The number of hydrogen-bond donors (Lipinski definition) is 2. The van der Waals surface area contributed by atoms with Gasteiger partial charge in [0.2, 0.25) is 0 Å². The standard InChI is InChI=1S/C7H13I2N3/c1-4(8)7(9)12-3-6(11)5(2)10/h4H,3,10-11H2,1-2H3/b6-5-,12-7?. The van der Waals surface area contributed by atoms with Crippen LogP contribution in [0, 0.1) is 0 Å². The van der Waals surface area contributed by atoms with Gasteiger partial charge in [0.25, 0.3) is 0 Å². The molecule has 0 rings (SSSR count). The smallest absolute Gasteiger partial charge is 0.0858 e. The van der Waals surface area contributed by atoms with Crippen molar-refractivity contribution in [1.82, 2.24) is 0 Å². The summed E-state index contributed by atoms with van der Waals surface area (Å²) in [5.74, 6) is 0. The molecule has 0 radical (unpaired) electrons. The van der Waals surface area contributed by atoms with Gasteiger partial charge in [-0.3, -0.25) is 4.99 Å². The maximum Gasteiger partial charge on any atom is 0.0858 e. The number of nitrogens with two attached hydrogens (primary N) is 2. The highest BCUT2D eigenvalue weighted by Gasteiger charge is 2.01. The quantitative estimate of drug-likeness (QED) is 0.437. The largest absolute Gasteiger partial charge is 0.401 e. The number of hydrogen-bond acceptors (Lipinski definition) is 3. The third kappa shape index (κ3) is 5.18. The van der Waals surface area contributed by atoms with E-state index in [2.05, 4.69) is 57.1 Å². The zero-order valence-corrected chi connectivity index (χ0v) is 11.5. The van der Waals surface area contributed by atoms with Crippen molar-refractivity contribution in [3.8, 4) is 0 Å². The van der Waals surface area contributed by atoms with Crippen molar-refractivity contribution in [2.24, 2.45) is 16.5 Å². The molecule has 0 bridgehead atoms. The number of halogens is 2. The van der Waals surface area contributed by atoms with Crippen molar-refractivity contribution in [3.05, 3.63) is 11.4 Å². The van der Waals surface area contributed by atoms with Crippen molar-refractivity contribution in [1.29, 1.82) is 0 Å². The fraction of sp³-hybridized carbons (Fsp3) is 0.571. The molecule has 0 fully saturated rings. The summed E-state index contributed by atoms with van der Waals surface area (Å²) in [5, 5.41) is 0. The Kier molecular flexibility index (Phi) is 6.24. The van der Waals surface area contributed by atoms with Gasteiger partial charge in [0.05, 0.1) is 14.2 Å². The van der Waals surface area contributed by atoms with Crippen LogP contribution in [0.1, 0.15) is 13.8 Å². The molecule has 0 aromatic heterocycles. The molecule has 0 saturated carbocycles. The Hall–Kier alpha value is 0.470. The van der Waals surface area contributed by atoms with Crippen LogP contribution in [0.15, 0.2) is 16.4 Å². The molecule has 1 atom stereocenters. The summed E-state index contributed by atoms with van der Waals surface area (Å²) in [7, 11) is 0. The topological polar surface area (TPSA) is 64.4 Å². The first-order valence-corrected chi connectivity index (χ1v) is 5.82. The van der Waals surface area contributed by atoms with E-state index >= 15 is 0 Å². The molecule has 0 aromatic carbocycles. The number of rotatable bonds is 3. The Balaban J connectivity index is 4.15. The average Bonchev–Trinajstić information content (AvgIpc) is 1.98. The number of alkyl halides is 1. The van der Waals surface area contributed by atoms with Crippen LogP contribution in [0.4, 0.5) is 0 Å². The van der Waals surface area contributed by atoms with E-state index in [0.29, 0.717) is 21.9 Å². The Labute approximate surface area is 100 Å². The second kappa shape index (κ2) is 6.01. The van der Waals surface area contributed by atoms with Gasteiger partial charge < -0.3 is 11.5 Å². The lowest BCUT2D eigenvalue weighted by molar-refractivity contribution is 1.04. The van der Waals surface area contributed by atoms with Crippen LogP contribution in [0.5, 0.6) is 0 Å². The molecular weight excluding hydrogens is 380 g/mol. The van der Waals surface area contributed by atoms with Crippen LogP contribution in [0.25, 0.3) is 0 Å². The summed E-state index contributed by atoms with van der Waals surface area (Å²) in [6.07, 6.45) is 0. The summed E-state index contributed by atoms with van der Waals surface area (Å²) < 4.78 is 1.51. The highest BCUT2D eigenvalue weighted by Crippen LogP contribution is 2.08. The maximum absolute atomic E-state index is 5.61. The van der Waals surface area contributed by atoms with E-state index < -0.39 is 0 Å². The molecule has 0 aliphatic heterocycles. The molecule has 0 spiro atoms. The Bertz CT molecular complexity index is 205. The van der Waals surface area contributed by atoms with E-state index in [1.54, 1.807) is 6.92 Å². The summed E-state index contributed by atoms with van der Waals surface area (Å²) in [6.45, 7) is 4.38. The van der Waals surface area contributed by atoms with Crippen LogP contribution in [0.3, 0.4) is 0 Å². The van der Waals surface area contributed by atoms with E-state index in [0.717, 1.165) is 3.72 Å². The Morgan fingerprint density at radius 3 is 2.33 bits per heavy atom. The van der Waals surface area contributed by atoms with Crippen molar-refractivity contribution >= 4 is 48.9 Å². The molecule has 0 saturated heterocycles. The number of nitrogens with zero attached hydrogens (tertiary/aromatic N) is 1. The molecule has 3 nitrogen and oxygen atoms in total. The lowest BCUT2D eigenvalue weighted by Gasteiger charge is -2.02. The van der Waals surface area contributed by atoms with Crippen LogP contribution in [-0.2, 0) is 0 Å². The predicted octanol–water partition coefficient (Wildman–Crippen LogP) is 1.79. The first-order chi connectivity index (χ1) is 5.45. The van der Waals surface area contributed by atoms with Crippen molar-refractivity contribution < 1.29 is 0 Å². The minimum atomic E-state index is 0.439. The third-order valence-electron chi connectivity index (χ3n) is 1.24. The normalized spacial score (nSPS) is 17.2. The summed E-state index contributed by atoms with van der Waals surface area (Å²) in [6, 6.07) is 0. The number of aliphatic imine (C=N–C) groups is 1. The monoisotopic (exact) mass is 393 g/mol. The summed E-state index contributed by atoms with van der Waals surface area (Å²) in [4.78, 5) is 4.28. The molecule has 12 heavy (non-hydrogen) atoms. The second-order valence-corrected chi connectivity index (χ2v) is 5.44. The van der Waals surface area contributed by atoms with Gasteiger partial charge in [0.1, 0.15) is 0 Å². The summed E-state index contributed by atoms with van der Waals surface area (Å²) >= 11 is 4.52. The lowest BCUT2D eigenvalue weighted by atomic mass is 10.3. The van der Waals surface area contributed by atoms with E-state index in [4.69, 9.17) is 11.5 Å². The predicted molar refractivity (Wildman–Crippen MR) is 70.9 cm³/mol. The minimum absolute atomic E-state index is 0.439. The van der Waals surface area contributed by atoms with E-state index in [1.165, 1.54) is 0 Å². The molecule has 5 heteroatoms. The molecule has 1 unspecified atom stereocenters. The van der Waals surface area contributed by atoms with Gasteiger partial charge in [-0.05, 0) is 36.4 Å². The van der Waals surface area contributed by atoms with Gasteiger partial charge in [-0.15, -0.1) is 0 Å². The van der Waals surface area contributed by atoms with Crippen LogP contribution in [-0.4, -0.2) is 14.2 Å². The highest BCUT2D eigenvalue weighted by molar-refractivity contribution is 14.1. The van der Waals surface area contributed by atoms with E-state index in [9.17, 15) is 0 Å². The van der Waals surface area contributed by atoms with Gasteiger partial charge in [-0.1, -0.05) is 22.6 Å². The SMILES string of the molecule is C/C(N)=C(/N)CN=C(I)C(C)I. The van der Waals surface area contributed by atoms with E-state index in [-0.39, 0.29) is 0 Å². The molecule has 4 N–H and O–H groups in total. The molecule has 0 aromatic rings. The molecule has 0 aliphatic rings. The van der Waals surface area contributed by atoms with Crippen molar-refractivity contribution in [2.45, 2.75) is 17.8 Å². The minimum Gasteiger partial charge on any atom is -0.401 e. The first kappa shape index (κ1) is 12.5. The van der Waals surface area contributed by atoms with Gasteiger partial charge in [-0.2, -0.15) is 0 Å². The Morgan fingerprint density at radius 2 is 2.00 bits per heavy atom. The number of allylic oxidation sites excluding steroid dienone is 1. The zero-order valence-electron chi connectivity index (χ0n) is 7.14. The second-order valence-electron chi connectivity index (χ2n) is 2.46. The fourth-order valence-corrected chi connectivity index (χ4v) is 0.779. The molecule has 0 heterocycles. The van der Waals surface area contributed by atoms with Gasteiger partial charge in [0, 0.05) is 11.4 Å². The van der Waals surface area contributed by atoms with Gasteiger partial charge in [-0.25, -0.2) is 0 Å². The lowest BCUT2D eigenvalue weighted by Crippen LogP contribution is -2.11. The summed E-state index contributed by atoms with van der Waals surface area (Å²) in [5.41, 5.74) is 12.4. The van der Waals surface area contributed by atoms with Crippen molar-refractivity contribution in [2.75, 3.05) is 6.54 Å². The molecular formula is C7H13I2N3. The molecule has 0 amide bonds. The first-order valence-electron chi connectivity index (χ1n) is 3.49. The maximum atomic E-state index is 5.61.